The second-order valence-corrected chi connectivity index (χ2v) is 7.17. The third-order valence-corrected chi connectivity index (χ3v) is 4.81. The molecule has 3 rings (SSSR count). The molecule has 0 unspecified atom stereocenters. The molecule has 0 fully saturated rings. The Bertz CT molecular complexity index is 987. The molecule has 0 bridgehead atoms. The van der Waals surface area contributed by atoms with Gasteiger partial charge in [-0.3, -0.25) is 4.57 Å². The van der Waals surface area contributed by atoms with E-state index in [9.17, 15) is 8.42 Å². The van der Waals surface area contributed by atoms with Gasteiger partial charge in [0.15, 0.2) is 5.15 Å². The van der Waals surface area contributed by atoms with Crippen molar-refractivity contribution in [2.45, 2.75) is 11.8 Å². The molecule has 1 heterocycles. The van der Waals surface area contributed by atoms with Gasteiger partial charge in [-0.05, 0) is 55.5 Å². The average Bonchev–Trinajstić information content (AvgIpc) is 2.97. The maximum absolute atomic E-state index is 11.4. The number of aromatic nitrogens is 2. The molecule has 9 heteroatoms. The van der Waals surface area contributed by atoms with Crippen LogP contribution in [-0.4, -0.2) is 54.1 Å². The molecule has 0 aliphatic rings. The number of halogens is 1. The molecule has 26 heavy (non-hydrogen) atoms. The van der Waals surface area contributed by atoms with Crippen LogP contribution in [0.25, 0.3) is 16.9 Å². The first-order chi connectivity index (χ1) is 11.9. The van der Waals surface area contributed by atoms with E-state index in [-0.39, 0.29) is 34.5 Å². The van der Waals surface area contributed by atoms with Crippen molar-refractivity contribution in [1.82, 2.24) is 9.55 Å². The van der Waals surface area contributed by atoms with Crippen LogP contribution < -0.4 is 9.88 Å². The van der Waals surface area contributed by atoms with Crippen molar-refractivity contribution in [1.29, 1.82) is 0 Å². The van der Waals surface area contributed by atoms with E-state index in [0.717, 1.165) is 17.0 Å². The predicted molar refractivity (Wildman–Crippen MR) is 104 cm³/mol. The van der Waals surface area contributed by atoms with Gasteiger partial charge in [-0.2, -0.15) is 0 Å². The fourth-order valence-electron chi connectivity index (χ4n) is 2.45. The van der Waals surface area contributed by atoms with Crippen molar-refractivity contribution >= 4 is 51.2 Å². The molecular formula is C17H17ClN3NaO3S. The molecule has 2 aromatic carbocycles. The Labute approximate surface area is 179 Å². The van der Waals surface area contributed by atoms with Crippen molar-refractivity contribution in [2.75, 3.05) is 6.61 Å². The standard InChI is InChI=1S/C17H16ClN3O3S.Na.H/c1-2-24-14-7-3-12(4-8-14)16-17(18)20-11-21(16)13-5-9-15(10-6-13)25(19,22)23;;/h3-11H,2H2,1H3,(H2,19,22,23);;. The van der Waals surface area contributed by atoms with Crippen LogP contribution in [0.5, 0.6) is 5.75 Å². The number of imidazole rings is 1. The summed E-state index contributed by atoms with van der Waals surface area (Å²) in [6.45, 7) is 2.51. The topological polar surface area (TPSA) is 87.2 Å². The summed E-state index contributed by atoms with van der Waals surface area (Å²) >= 11 is 6.26. The van der Waals surface area contributed by atoms with E-state index >= 15 is 0 Å². The predicted octanol–water partition coefficient (Wildman–Crippen LogP) is 2.59. The minimum atomic E-state index is -3.73. The van der Waals surface area contributed by atoms with Gasteiger partial charge in [0, 0.05) is 11.3 Å². The first kappa shape index (κ1) is 21.0. The molecule has 0 aliphatic carbocycles. The summed E-state index contributed by atoms with van der Waals surface area (Å²) in [5.74, 6) is 0.769. The zero-order chi connectivity index (χ0) is 18.0. The van der Waals surface area contributed by atoms with E-state index in [2.05, 4.69) is 4.98 Å². The van der Waals surface area contributed by atoms with Gasteiger partial charge in [-0.15, -0.1) is 0 Å². The van der Waals surface area contributed by atoms with Crippen LogP contribution in [-0.2, 0) is 10.0 Å². The molecule has 0 saturated carbocycles. The normalized spacial score (nSPS) is 11.0. The SMILES string of the molecule is CCOc1ccc(-c2c(Cl)ncn2-c2ccc(S(N)(=O)=O)cc2)cc1.[NaH]. The van der Waals surface area contributed by atoms with Gasteiger partial charge in [0.2, 0.25) is 10.0 Å². The molecular weight excluding hydrogens is 385 g/mol. The van der Waals surface area contributed by atoms with Crippen molar-refractivity contribution in [2.24, 2.45) is 5.14 Å². The van der Waals surface area contributed by atoms with Gasteiger partial charge < -0.3 is 4.74 Å². The van der Waals surface area contributed by atoms with Gasteiger partial charge in [-0.25, -0.2) is 18.5 Å². The molecule has 0 atom stereocenters. The number of rotatable bonds is 5. The van der Waals surface area contributed by atoms with E-state index in [0.29, 0.717) is 17.5 Å². The molecule has 3 aromatic rings. The minimum absolute atomic E-state index is 0. The molecule has 2 N–H and O–H groups in total. The Morgan fingerprint density at radius 2 is 1.73 bits per heavy atom. The molecule has 0 amide bonds. The summed E-state index contributed by atoms with van der Waals surface area (Å²) in [5.41, 5.74) is 2.28. The molecule has 0 saturated heterocycles. The summed E-state index contributed by atoms with van der Waals surface area (Å²) < 4.78 is 30.0. The molecule has 1 aromatic heterocycles. The molecule has 0 spiro atoms. The zero-order valence-corrected chi connectivity index (χ0v) is 15.0. The fourth-order valence-corrected chi connectivity index (χ4v) is 3.21. The van der Waals surface area contributed by atoms with Gasteiger partial charge in [0.1, 0.15) is 12.1 Å². The molecule has 0 radical (unpaired) electrons. The summed E-state index contributed by atoms with van der Waals surface area (Å²) in [6.07, 6.45) is 1.58. The van der Waals surface area contributed by atoms with Gasteiger partial charge in [0.05, 0.1) is 17.2 Å². The van der Waals surface area contributed by atoms with E-state index in [1.54, 1.807) is 23.0 Å². The summed E-state index contributed by atoms with van der Waals surface area (Å²) in [6, 6.07) is 13.7. The summed E-state index contributed by atoms with van der Waals surface area (Å²) in [7, 11) is -3.73. The summed E-state index contributed by atoms with van der Waals surface area (Å²) in [5, 5.41) is 5.48. The zero-order valence-electron chi connectivity index (χ0n) is 13.4. The van der Waals surface area contributed by atoms with E-state index in [4.69, 9.17) is 21.5 Å². The fraction of sp³-hybridized carbons (Fsp3) is 0.118. The number of ether oxygens (including phenoxy) is 1. The number of hydrogen-bond donors (Lipinski definition) is 1. The average molecular weight is 402 g/mol. The van der Waals surface area contributed by atoms with Crippen LogP contribution >= 0.6 is 11.6 Å². The van der Waals surface area contributed by atoms with Crippen LogP contribution in [0.3, 0.4) is 0 Å². The Morgan fingerprint density at radius 3 is 2.27 bits per heavy atom. The van der Waals surface area contributed by atoms with Crippen molar-refractivity contribution in [3.63, 3.8) is 0 Å². The number of nitrogens with zero attached hydrogens (tertiary/aromatic N) is 2. The summed E-state index contributed by atoms with van der Waals surface area (Å²) in [4.78, 5) is 4.20. The second kappa shape index (κ2) is 8.56. The van der Waals surface area contributed by atoms with Gasteiger partial charge >= 0.3 is 29.6 Å². The number of hydrogen-bond acceptors (Lipinski definition) is 4. The second-order valence-electron chi connectivity index (χ2n) is 5.25. The Balaban J connectivity index is 0.00000243. The molecule has 6 nitrogen and oxygen atoms in total. The number of sulfonamides is 1. The van der Waals surface area contributed by atoms with Crippen molar-refractivity contribution in [3.8, 4) is 22.7 Å². The third-order valence-electron chi connectivity index (χ3n) is 3.61. The van der Waals surface area contributed by atoms with Gasteiger partial charge in [0.25, 0.3) is 0 Å². The van der Waals surface area contributed by atoms with Crippen molar-refractivity contribution < 1.29 is 13.2 Å². The number of nitrogens with two attached hydrogens (primary N) is 1. The first-order valence-corrected chi connectivity index (χ1v) is 9.42. The third kappa shape index (κ3) is 4.49. The molecule has 132 valence electrons. The van der Waals surface area contributed by atoms with Crippen LogP contribution in [0.1, 0.15) is 6.92 Å². The van der Waals surface area contributed by atoms with Crippen LogP contribution in [0, 0.1) is 0 Å². The number of primary sulfonamides is 1. The van der Waals surface area contributed by atoms with E-state index < -0.39 is 10.0 Å². The van der Waals surface area contributed by atoms with Crippen LogP contribution in [0.4, 0.5) is 0 Å². The Morgan fingerprint density at radius 1 is 1.12 bits per heavy atom. The monoisotopic (exact) mass is 401 g/mol. The molecule has 0 aliphatic heterocycles. The van der Waals surface area contributed by atoms with Gasteiger partial charge in [-0.1, -0.05) is 11.6 Å². The van der Waals surface area contributed by atoms with Crippen LogP contribution in [0.15, 0.2) is 59.8 Å². The first-order valence-electron chi connectivity index (χ1n) is 7.49. The van der Waals surface area contributed by atoms with Crippen molar-refractivity contribution in [3.05, 3.63) is 60.0 Å². The van der Waals surface area contributed by atoms with E-state index in [1.165, 1.54) is 12.1 Å². The quantitative estimate of drug-likeness (QED) is 0.666. The maximum atomic E-state index is 11.4. The van der Waals surface area contributed by atoms with E-state index in [1.807, 2.05) is 31.2 Å². The number of benzene rings is 2. The Hall–Kier alpha value is -1.35. The Kier molecular flexibility index (Phi) is 6.90. The van der Waals surface area contributed by atoms with Crippen LogP contribution in [0.2, 0.25) is 5.15 Å².